The van der Waals surface area contributed by atoms with Gasteiger partial charge in [0.25, 0.3) is 5.95 Å². The molecule has 1 heterocycles. The highest BCUT2D eigenvalue weighted by Gasteiger charge is 2.00. The summed E-state index contributed by atoms with van der Waals surface area (Å²) in [5.74, 6) is 10.8. The van der Waals surface area contributed by atoms with E-state index in [2.05, 4.69) is 26.0 Å². The third-order valence-corrected chi connectivity index (χ3v) is 1.12. The summed E-state index contributed by atoms with van der Waals surface area (Å²) in [4.78, 5) is 3.86. The lowest BCUT2D eigenvalue weighted by Crippen LogP contribution is -2.16. The molecule has 0 radical (unpaired) electrons. The molecular formula is C4H9N7. The molecule has 0 fully saturated rings. The maximum absolute atomic E-state index is 5.13. The second-order valence-corrected chi connectivity index (χ2v) is 1.86. The van der Waals surface area contributed by atoms with Gasteiger partial charge in [-0.2, -0.15) is 4.98 Å². The molecule has 7 heteroatoms. The summed E-state index contributed by atoms with van der Waals surface area (Å²) >= 11 is 0. The van der Waals surface area contributed by atoms with Crippen molar-refractivity contribution in [2.75, 3.05) is 10.9 Å². The normalized spacial score (nSPS) is 9.36. The third kappa shape index (κ3) is 1.51. The predicted octanol–water partition coefficient (Wildman–Crippen LogP) is -1.25. The van der Waals surface area contributed by atoms with Crippen LogP contribution in [-0.4, -0.2) is 15.2 Å². The van der Waals surface area contributed by atoms with Crippen molar-refractivity contribution in [2.45, 2.75) is 6.92 Å². The lowest BCUT2D eigenvalue weighted by atomic mass is 10.5. The van der Waals surface area contributed by atoms with Crippen molar-refractivity contribution in [1.82, 2.24) is 15.2 Å². The summed E-state index contributed by atoms with van der Waals surface area (Å²) in [6.45, 7) is 1.73. The van der Waals surface area contributed by atoms with Crippen LogP contribution in [0.4, 0.5) is 11.8 Å². The second kappa shape index (κ2) is 3.08. The smallest absolute Gasteiger partial charge is 0.258 e. The maximum atomic E-state index is 5.13. The first-order chi connectivity index (χ1) is 5.27. The van der Waals surface area contributed by atoms with Gasteiger partial charge in [-0.25, -0.2) is 11.7 Å². The van der Waals surface area contributed by atoms with Crippen LogP contribution in [0.15, 0.2) is 0 Å². The summed E-state index contributed by atoms with van der Waals surface area (Å²) in [5, 5.41) is 7.34. The fraction of sp³-hybridized carbons (Fsp3) is 0.250. The number of aryl methyl sites for hydroxylation is 1. The standard InChI is InChI=1S/C4H9N7/c1-2-3(8-5)7-4(9-6)11-10-2/h5-6H2,1H3,(H2,7,8,9,11). The van der Waals surface area contributed by atoms with Crippen molar-refractivity contribution in [3.05, 3.63) is 5.69 Å². The number of nitrogens with zero attached hydrogens (tertiary/aromatic N) is 3. The Labute approximate surface area is 63.1 Å². The Bertz CT molecular complexity index is 246. The number of hydrogen-bond donors (Lipinski definition) is 4. The first-order valence-corrected chi connectivity index (χ1v) is 2.92. The summed E-state index contributed by atoms with van der Waals surface area (Å²) in [6, 6.07) is 0. The minimum absolute atomic E-state index is 0.226. The molecule has 0 aliphatic heterocycles. The van der Waals surface area contributed by atoms with Crippen LogP contribution in [0.5, 0.6) is 0 Å². The molecule has 0 aliphatic carbocycles. The lowest BCUT2D eigenvalue weighted by molar-refractivity contribution is 0.921. The zero-order valence-corrected chi connectivity index (χ0v) is 6.00. The van der Waals surface area contributed by atoms with E-state index >= 15 is 0 Å². The van der Waals surface area contributed by atoms with Crippen LogP contribution in [0.25, 0.3) is 0 Å². The molecule has 7 nitrogen and oxygen atoms in total. The molecule has 0 spiro atoms. The van der Waals surface area contributed by atoms with Crippen molar-refractivity contribution < 1.29 is 0 Å². The number of nitrogens with one attached hydrogen (secondary N) is 2. The van der Waals surface area contributed by atoms with E-state index in [0.717, 1.165) is 0 Å². The number of hydrazine groups is 2. The average Bonchev–Trinajstić information content (AvgIpc) is 2.05. The van der Waals surface area contributed by atoms with E-state index in [1.807, 2.05) is 0 Å². The highest BCUT2D eigenvalue weighted by Crippen LogP contribution is 2.06. The van der Waals surface area contributed by atoms with Crippen molar-refractivity contribution in [2.24, 2.45) is 11.7 Å². The highest BCUT2D eigenvalue weighted by atomic mass is 15.4. The largest absolute Gasteiger partial charge is 0.307 e. The van der Waals surface area contributed by atoms with Gasteiger partial charge in [-0.15, -0.1) is 10.2 Å². The van der Waals surface area contributed by atoms with Crippen LogP contribution in [0.2, 0.25) is 0 Å². The number of anilines is 2. The Kier molecular flexibility index (Phi) is 2.14. The SMILES string of the molecule is Cc1nnc(NN)nc1NN. The molecule has 1 aromatic rings. The fourth-order valence-corrected chi connectivity index (χ4v) is 0.577. The molecule has 1 rings (SSSR count). The van der Waals surface area contributed by atoms with Crippen molar-refractivity contribution in [3.8, 4) is 0 Å². The number of nitrogen functional groups attached to an aromatic ring is 2. The van der Waals surface area contributed by atoms with E-state index in [9.17, 15) is 0 Å². The minimum atomic E-state index is 0.226. The fourth-order valence-electron chi connectivity index (χ4n) is 0.577. The molecule has 0 saturated heterocycles. The minimum Gasteiger partial charge on any atom is -0.307 e. The maximum Gasteiger partial charge on any atom is 0.258 e. The Morgan fingerprint density at radius 3 is 2.45 bits per heavy atom. The van der Waals surface area contributed by atoms with Crippen LogP contribution >= 0.6 is 0 Å². The summed E-state index contributed by atoms with van der Waals surface area (Å²) in [5.41, 5.74) is 5.23. The predicted molar refractivity (Wildman–Crippen MR) is 40.2 cm³/mol. The van der Waals surface area contributed by atoms with Gasteiger partial charge < -0.3 is 5.43 Å². The molecule has 6 N–H and O–H groups in total. The molecule has 1 aromatic heterocycles. The Balaban J connectivity index is 3.02. The van der Waals surface area contributed by atoms with Crippen molar-refractivity contribution in [1.29, 1.82) is 0 Å². The third-order valence-electron chi connectivity index (χ3n) is 1.12. The van der Waals surface area contributed by atoms with Gasteiger partial charge in [0.05, 0.1) is 0 Å². The van der Waals surface area contributed by atoms with Gasteiger partial charge in [-0.05, 0) is 6.92 Å². The van der Waals surface area contributed by atoms with Crippen LogP contribution in [0, 0.1) is 6.92 Å². The van der Waals surface area contributed by atoms with Gasteiger partial charge in [-0.1, -0.05) is 0 Å². The van der Waals surface area contributed by atoms with Gasteiger partial charge in [0.1, 0.15) is 5.69 Å². The summed E-state index contributed by atoms with van der Waals surface area (Å²) < 4.78 is 0. The molecule has 11 heavy (non-hydrogen) atoms. The van der Waals surface area contributed by atoms with Crippen molar-refractivity contribution >= 4 is 11.8 Å². The average molecular weight is 155 g/mol. The van der Waals surface area contributed by atoms with E-state index in [1.54, 1.807) is 6.92 Å². The number of hydrogen-bond acceptors (Lipinski definition) is 7. The Morgan fingerprint density at radius 2 is 1.91 bits per heavy atom. The van der Waals surface area contributed by atoms with Gasteiger partial charge in [-0.3, -0.25) is 5.43 Å². The number of rotatable bonds is 2. The van der Waals surface area contributed by atoms with Gasteiger partial charge in [0.15, 0.2) is 5.82 Å². The second-order valence-electron chi connectivity index (χ2n) is 1.86. The molecular weight excluding hydrogens is 146 g/mol. The van der Waals surface area contributed by atoms with Crippen LogP contribution in [0.1, 0.15) is 5.69 Å². The van der Waals surface area contributed by atoms with E-state index in [-0.39, 0.29) is 5.95 Å². The van der Waals surface area contributed by atoms with E-state index in [0.29, 0.717) is 11.5 Å². The molecule has 0 unspecified atom stereocenters. The summed E-state index contributed by atoms with van der Waals surface area (Å²) in [7, 11) is 0. The molecule has 0 amide bonds. The first-order valence-electron chi connectivity index (χ1n) is 2.92. The van der Waals surface area contributed by atoms with Crippen LogP contribution in [0.3, 0.4) is 0 Å². The molecule has 0 atom stereocenters. The number of aromatic nitrogens is 3. The zero-order valence-electron chi connectivity index (χ0n) is 6.00. The van der Waals surface area contributed by atoms with Crippen molar-refractivity contribution in [3.63, 3.8) is 0 Å². The van der Waals surface area contributed by atoms with E-state index in [4.69, 9.17) is 11.7 Å². The topological polar surface area (TPSA) is 115 Å². The van der Waals surface area contributed by atoms with Gasteiger partial charge >= 0.3 is 0 Å². The van der Waals surface area contributed by atoms with Gasteiger partial charge in [0, 0.05) is 0 Å². The molecule has 0 bridgehead atoms. The monoisotopic (exact) mass is 155 g/mol. The van der Waals surface area contributed by atoms with E-state index in [1.165, 1.54) is 0 Å². The summed E-state index contributed by atoms with van der Waals surface area (Å²) in [6.07, 6.45) is 0. The Morgan fingerprint density at radius 1 is 1.18 bits per heavy atom. The molecule has 0 saturated carbocycles. The molecule has 0 aromatic carbocycles. The van der Waals surface area contributed by atoms with E-state index < -0.39 is 0 Å². The molecule has 60 valence electrons. The zero-order chi connectivity index (χ0) is 8.27. The van der Waals surface area contributed by atoms with Crippen LogP contribution < -0.4 is 22.5 Å². The first kappa shape index (κ1) is 7.63. The number of nitrogens with two attached hydrogens (primary N) is 2. The quantitative estimate of drug-likeness (QED) is 0.311. The highest BCUT2D eigenvalue weighted by molar-refractivity contribution is 5.40. The molecule has 0 aliphatic rings. The lowest BCUT2D eigenvalue weighted by Gasteiger charge is -2.02. The van der Waals surface area contributed by atoms with Crippen LogP contribution in [-0.2, 0) is 0 Å². The Hall–Kier alpha value is -1.47. The van der Waals surface area contributed by atoms with Gasteiger partial charge in [0.2, 0.25) is 0 Å².